The average Bonchev–Trinajstić information content (AvgIpc) is 3.53. The van der Waals surface area contributed by atoms with Gasteiger partial charge in [-0.05, 0) is 69.2 Å². The van der Waals surface area contributed by atoms with Crippen molar-refractivity contribution in [2.45, 2.75) is 32.7 Å². The molecule has 0 bridgehead atoms. The number of hydrogen-bond acceptors (Lipinski definition) is 5. The molecule has 0 saturated carbocycles. The lowest BCUT2D eigenvalue weighted by atomic mass is 10.1. The third-order valence-electron chi connectivity index (χ3n) is 6.56. The molecule has 0 N–H and O–H groups in total. The summed E-state index contributed by atoms with van der Waals surface area (Å²) in [7, 11) is 1.41. The predicted molar refractivity (Wildman–Crippen MR) is 135 cm³/mol. The third-order valence-corrected chi connectivity index (χ3v) is 6.56. The van der Waals surface area contributed by atoms with Crippen LogP contribution in [0.3, 0.4) is 0 Å². The summed E-state index contributed by atoms with van der Waals surface area (Å²) in [6, 6.07) is 12.0. The summed E-state index contributed by atoms with van der Waals surface area (Å²) < 4.78 is 27.4. The molecule has 1 aliphatic heterocycles. The van der Waals surface area contributed by atoms with Crippen molar-refractivity contribution in [3.63, 3.8) is 0 Å². The number of carbonyl (C=O) groups excluding carboxylic acids is 1. The molecule has 5 rings (SSSR count). The van der Waals surface area contributed by atoms with Crippen LogP contribution < -0.4 is 9.47 Å². The Morgan fingerprint density at radius 2 is 1.92 bits per heavy atom. The zero-order valence-electron chi connectivity index (χ0n) is 20.5. The molecule has 1 aliphatic rings. The van der Waals surface area contributed by atoms with Crippen LogP contribution in [-0.4, -0.2) is 38.8 Å². The minimum atomic E-state index is -0.554. The summed E-state index contributed by atoms with van der Waals surface area (Å²) >= 11 is 0. The summed E-state index contributed by atoms with van der Waals surface area (Å²) in [5.41, 5.74) is 4.32. The Balaban J connectivity index is 1.55. The van der Waals surface area contributed by atoms with Gasteiger partial charge in [0, 0.05) is 24.0 Å². The van der Waals surface area contributed by atoms with Gasteiger partial charge in [0.1, 0.15) is 11.6 Å². The molecule has 1 saturated heterocycles. The first-order valence-electron chi connectivity index (χ1n) is 11.8. The number of rotatable bonds is 6. The van der Waals surface area contributed by atoms with Crippen molar-refractivity contribution in [2.75, 3.05) is 13.7 Å². The summed E-state index contributed by atoms with van der Waals surface area (Å²) in [5.74, 6) is 0.858. The van der Waals surface area contributed by atoms with Crippen LogP contribution in [-0.2, 0) is 4.79 Å². The molecule has 3 heterocycles. The highest BCUT2D eigenvalue weighted by Crippen LogP contribution is 2.37. The number of likely N-dealkylation sites (tertiary alicyclic amines) is 1. The van der Waals surface area contributed by atoms with E-state index in [1.807, 2.05) is 37.1 Å². The average molecular weight is 487 g/mol. The molecule has 8 heteroatoms. The number of benzene rings is 2. The first-order chi connectivity index (χ1) is 17.4. The highest BCUT2D eigenvalue weighted by atomic mass is 19.1. The fourth-order valence-corrected chi connectivity index (χ4v) is 4.81. The van der Waals surface area contributed by atoms with Crippen LogP contribution in [0.15, 0.2) is 61.3 Å². The van der Waals surface area contributed by atoms with E-state index in [2.05, 4.69) is 16.0 Å². The standard InChI is InChI=1S/C28H27FN4O3/c1-5-24(34)32-15-7-8-21(32)28-31-26(27-18(3)30-16-17(2)33(27)28)19-11-13-20(14-12-19)36-23-10-6-9-22(35-4)25(23)29/h5-6,9-14,16,21H,1,7-8,15H2,2-4H3. The normalized spacial score (nSPS) is 15.3. The van der Waals surface area contributed by atoms with Crippen LogP contribution in [0.25, 0.3) is 16.8 Å². The maximum absolute atomic E-state index is 14.5. The molecular formula is C28H27FN4O3. The van der Waals surface area contributed by atoms with Gasteiger partial charge in [0.05, 0.1) is 30.1 Å². The zero-order valence-corrected chi connectivity index (χ0v) is 20.5. The van der Waals surface area contributed by atoms with Crippen molar-refractivity contribution in [1.82, 2.24) is 19.3 Å². The number of hydrogen-bond donors (Lipinski definition) is 0. The van der Waals surface area contributed by atoms with E-state index in [1.54, 1.807) is 30.3 Å². The number of imidazole rings is 1. The molecule has 0 aliphatic carbocycles. The summed E-state index contributed by atoms with van der Waals surface area (Å²) in [6.07, 6.45) is 4.92. The topological polar surface area (TPSA) is 69.0 Å². The summed E-state index contributed by atoms with van der Waals surface area (Å²) in [6.45, 7) is 8.28. The molecule has 1 atom stereocenters. The number of carbonyl (C=O) groups is 1. The van der Waals surface area contributed by atoms with Crippen molar-refractivity contribution in [3.05, 3.63) is 84.3 Å². The molecule has 4 aromatic rings. The van der Waals surface area contributed by atoms with Crippen molar-refractivity contribution in [1.29, 1.82) is 0 Å². The minimum Gasteiger partial charge on any atom is -0.494 e. The van der Waals surface area contributed by atoms with Gasteiger partial charge < -0.3 is 14.4 Å². The molecule has 2 aromatic heterocycles. The van der Waals surface area contributed by atoms with E-state index < -0.39 is 5.82 Å². The highest BCUT2D eigenvalue weighted by Gasteiger charge is 2.33. The van der Waals surface area contributed by atoms with Gasteiger partial charge >= 0.3 is 0 Å². The van der Waals surface area contributed by atoms with Crippen LogP contribution in [0.2, 0.25) is 0 Å². The van der Waals surface area contributed by atoms with E-state index >= 15 is 0 Å². The molecule has 0 radical (unpaired) electrons. The van der Waals surface area contributed by atoms with Crippen LogP contribution >= 0.6 is 0 Å². The van der Waals surface area contributed by atoms with Gasteiger partial charge in [0.15, 0.2) is 11.5 Å². The molecule has 0 spiro atoms. The van der Waals surface area contributed by atoms with Crippen LogP contribution in [0.1, 0.15) is 36.1 Å². The lowest BCUT2D eigenvalue weighted by molar-refractivity contribution is -0.127. The monoisotopic (exact) mass is 486 g/mol. The zero-order chi connectivity index (χ0) is 25.4. The smallest absolute Gasteiger partial charge is 0.246 e. The second-order valence-electron chi connectivity index (χ2n) is 8.78. The number of nitrogens with zero attached hydrogens (tertiary/aromatic N) is 4. The molecule has 36 heavy (non-hydrogen) atoms. The second-order valence-corrected chi connectivity index (χ2v) is 8.78. The Morgan fingerprint density at radius 3 is 2.64 bits per heavy atom. The highest BCUT2D eigenvalue weighted by molar-refractivity contribution is 5.87. The Bertz CT molecular complexity index is 1460. The number of methoxy groups -OCH3 is 1. The molecular weight excluding hydrogens is 459 g/mol. The summed E-state index contributed by atoms with van der Waals surface area (Å²) in [5, 5.41) is 0. The molecule has 1 amide bonds. The number of fused-ring (bicyclic) bond motifs is 1. The largest absolute Gasteiger partial charge is 0.494 e. The van der Waals surface area contributed by atoms with E-state index in [1.165, 1.54) is 13.2 Å². The Morgan fingerprint density at radius 1 is 1.17 bits per heavy atom. The quantitative estimate of drug-likeness (QED) is 0.322. The third kappa shape index (κ3) is 3.98. The number of ether oxygens (including phenoxy) is 2. The van der Waals surface area contributed by atoms with Gasteiger partial charge in [-0.3, -0.25) is 14.2 Å². The van der Waals surface area contributed by atoms with Crippen molar-refractivity contribution < 1.29 is 18.7 Å². The minimum absolute atomic E-state index is 0.0840. The van der Waals surface area contributed by atoms with Crippen molar-refractivity contribution >= 4 is 11.4 Å². The van der Waals surface area contributed by atoms with Crippen LogP contribution in [0, 0.1) is 19.7 Å². The number of aromatic nitrogens is 3. The number of amides is 1. The fraction of sp³-hybridized carbons (Fsp3) is 0.250. The van der Waals surface area contributed by atoms with E-state index in [9.17, 15) is 9.18 Å². The molecule has 1 fully saturated rings. The second kappa shape index (κ2) is 9.45. The lowest BCUT2D eigenvalue weighted by Gasteiger charge is -2.23. The van der Waals surface area contributed by atoms with Crippen molar-refractivity contribution in [2.24, 2.45) is 0 Å². The molecule has 184 valence electrons. The van der Waals surface area contributed by atoms with Crippen LogP contribution in [0.5, 0.6) is 17.2 Å². The lowest BCUT2D eigenvalue weighted by Crippen LogP contribution is -2.30. The Kier molecular flexibility index (Phi) is 6.18. The predicted octanol–water partition coefficient (Wildman–Crippen LogP) is 5.80. The first-order valence-corrected chi connectivity index (χ1v) is 11.8. The van der Waals surface area contributed by atoms with E-state index in [0.717, 1.165) is 46.8 Å². The SMILES string of the molecule is C=CC(=O)N1CCCC1c1nc(-c2ccc(Oc3cccc(OC)c3F)cc2)c2c(C)ncc(C)n12. The number of aryl methyl sites for hydroxylation is 2. The van der Waals surface area contributed by atoms with Gasteiger partial charge in [0.2, 0.25) is 11.7 Å². The van der Waals surface area contributed by atoms with E-state index in [4.69, 9.17) is 14.5 Å². The first kappa shape index (κ1) is 23.5. The van der Waals surface area contributed by atoms with Crippen LogP contribution in [0.4, 0.5) is 4.39 Å². The maximum Gasteiger partial charge on any atom is 0.246 e. The fourth-order valence-electron chi connectivity index (χ4n) is 4.81. The van der Waals surface area contributed by atoms with Gasteiger partial charge in [-0.25, -0.2) is 4.98 Å². The van der Waals surface area contributed by atoms with Crippen molar-refractivity contribution in [3.8, 4) is 28.5 Å². The van der Waals surface area contributed by atoms with E-state index in [0.29, 0.717) is 12.3 Å². The molecule has 2 aromatic carbocycles. The van der Waals surface area contributed by atoms with E-state index in [-0.39, 0.29) is 23.4 Å². The Labute approximate surface area is 208 Å². The Hall–Kier alpha value is -4.20. The maximum atomic E-state index is 14.5. The van der Waals surface area contributed by atoms with Gasteiger partial charge in [-0.15, -0.1) is 0 Å². The van der Waals surface area contributed by atoms with Gasteiger partial charge in [-0.1, -0.05) is 12.6 Å². The molecule has 7 nitrogen and oxygen atoms in total. The van der Waals surface area contributed by atoms with Gasteiger partial charge in [-0.2, -0.15) is 4.39 Å². The number of halogens is 1. The summed E-state index contributed by atoms with van der Waals surface area (Å²) in [4.78, 5) is 24.0. The molecule has 1 unspecified atom stereocenters. The van der Waals surface area contributed by atoms with Gasteiger partial charge in [0.25, 0.3) is 0 Å².